The number of nitrogens with zero attached hydrogens (tertiary/aromatic N) is 1. The third-order valence-electron chi connectivity index (χ3n) is 2.15. The molecule has 80 valence electrons. The highest BCUT2D eigenvalue weighted by molar-refractivity contribution is 5.39. The highest BCUT2D eigenvalue weighted by Crippen LogP contribution is 2.22. The lowest BCUT2D eigenvalue weighted by Gasteiger charge is -2.12. The Kier molecular flexibility index (Phi) is 4.07. The van der Waals surface area contributed by atoms with Crippen molar-refractivity contribution in [3.63, 3.8) is 0 Å². The van der Waals surface area contributed by atoms with Crippen LogP contribution in [0.5, 0.6) is 5.75 Å². The highest BCUT2D eigenvalue weighted by atomic mass is 16.5. The normalized spacial score (nSPS) is 11.7. The maximum Gasteiger partial charge on any atom is 0.235 e. The Labute approximate surface area is 89.8 Å². The number of hydrogen-bond acceptors (Lipinski definition) is 3. The van der Waals surface area contributed by atoms with Gasteiger partial charge in [0.15, 0.2) is 0 Å². The number of isocyanates is 1. The summed E-state index contributed by atoms with van der Waals surface area (Å²) in [6.45, 7) is 6.21. The molecule has 1 aromatic rings. The molecule has 0 fully saturated rings. The summed E-state index contributed by atoms with van der Waals surface area (Å²) in [4.78, 5) is 13.6. The minimum atomic E-state index is -0.151. The average molecular weight is 205 g/mol. The minimum absolute atomic E-state index is 0.151. The lowest BCUT2D eigenvalue weighted by atomic mass is 10.1. The van der Waals surface area contributed by atoms with Gasteiger partial charge in [-0.1, -0.05) is 18.2 Å². The molecule has 0 radical (unpaired) electrons. The van der Waals surface area contributed by atoms with Gasteiger partial charge in [-0.15, -0.1) is 0 Å². The molecule has 0 bridgehead atoms. The topological polar surface area (TPSA) is 38.7 Å². The smallest absolute Gasteiger partial charge is 0.235 e. The van der Waals surface area contributed by atoms with Crippen molar-refractivity contribution in [1.82, 2.24) is 0 Å². The second-order valence-corrected chi connectivity index (χ2v) is 3.60. The Morgan fingerprint density at radius 1 is 1.40 bits per heavy atom. The number of carbonyl (C=O) groups excluding carboxylic acids is 1. The fraction of sp³-hybridized carbons (Fsp3) is 0.417. The quantitative estimate of drug-likeness (QED) is 0.559. The van der Waals surface area contributed by atoms with Crippen LogP contribution in [0.1, 0.15) is 18.1 Å². The van der Waals surface area contributed by atoms with Crippen molar-refractivity contribution in [2.45, 2.75) is 26.8 Å². The predicted octanol–water partition coefficient (Wildman–Crippen LogP) is 2.41. The molecule has 1 rings (SSSR count). The summed E-state index contributed by atoms with van der Waals surface area (Å²) in [5, 5.41) is 0. The molecule has 0 heterocycles. The van der Waals surface area contributed by atoms with Gasteiger partial charge in [-0.25, -0.2) is 4.79 Å². The van der Waals surface area contributed by atoms with Crippen LogP contribution in [0.4, 0.5) is 0 Å². The number of aryl methyl sites for hydroxylation is 2. The summed E-state index contributed by atoms with van der Waals surface area (Å²) in [6.07, 6.45) is 1.53. The molecule has 0 aliphatic rings. The first-order valence-corrected chi connectivity index (χ1v) is 4.91. The molecule has 0 amide bonds. The van der Waals surface area contributed by atoms with E-state index in [4.69, 9.17) is 4.74 Å². The Bertz CT molecular complexity index is 361. The second kappa shape index (κ2) is 5.32. The molecule has 0 spiro atoms. The van der Waals surface area contributed by atoms with Gasteiger partial charge in [-0.3, -0.25) is 0 Å². The van der Waals surface area contributed by atoms with Crippen molar-refractivity contribution in [1.29, 1.82) is 0 Å². The molecule has 0 N–H and O–H groups in total. The van der Waals surface area contributed by atoms with Crippen LogP contribution in [0, 0.1) is 13.8 Å². The number of aliphatic imine (C=N–C) groups is 1. The van der Waals surface area contributed by atoms with Gasteiger partial charge in [0, 0.05) is 0 Å². The number of ether oxygens (including phenoxy) is 1. The van der Waals surface area contributed by atoms with E-state index in [1.807, 2.05) is 39.0 Å². The second-order valence-electron chi connectivity index (χ2n) is 3.60. The summed E-state index contributed by atoms with van der Waals surface area (Å²) in [5.41, 5.74) is 2.19. The van der Waals surface area contributed by atoms with E-state index in [1.54, 1.807) is 0 Å². The summed E-state index contributed by atoms with van der Waals surface area (Å²) < 4.78 is 5.61. The van der Waals surface area contributed by atoms with Crippen LogP contribution >= 0.6 is 0 Å². The lowest BCUT2D eigenvalue weighted by Crippen LogP contribution is -2.12. The summed E-state index contributed by atoms with van der Waals surface area (Å²) in [6, 6.07) is 5.83. The molecule has 1 aromatic carbocycles. The third kappa shape index (κ3) is 3.22. The van der Waals surface area contributed by atoms with E-state index in [2.05, 4.69) is 4.99 Å². The number of rotatable bonds is 4. The van der Waals surface area contributed by atoms with Crippen LogP contribution in [0.2, 0.25) is 0 Å². The van der Waals surface area contributed by atoms with Crippen molar-refractivity contribution in [3.8, 4) is 5.75 Å². The zero-order valence-corrected chi connectivity index (χ0v) is 9.28. The molecule has 3 heteroatoms. The fourth-order valence-corrected chi connectivity index (χ4v) is 1.36. The van der Waals surface area contributed by atoms with Gasteiger partial charge >= 0.3 is 0 Å². The van der Waals surface area contributed by atoms with Gasteiger partial charge in [0.2, 0.25) is 6.08 Å². The molecule has 0 aromatic heterocycles. The van der Waals surface area contributed by atoms with Gasteiger partial charge < -0.3 is 4.74 Å². The van der Waals surface area contributed by atoms with Gasteiger partial charge in [-0.05, 0) is 31.9 Å². The van der Waals surface area contributed by atoms with Gasteiger partial charge in [0.1, 0.15) is 12.4 Å². The van der Waals surface area contributed by atoms with Crippen molar-refractivity contribution < 1.29 is 9.53 Å². The zero-order valence-electron chi connectivity index (χ0n) is 9.28. The highest BCUT2D eigenvalue weighted by Gasteiger charge is 2.05. The first-order valence-electron chi connectivity index (χ1n) is 4.91. The standard InChI is InChI=1S/C12H15NO2/c1-9-5-4-6-10(2)12(9)15-7-11(3)13-8-14/h4-6,11H,7H2,1-3H3. The number of para-hydroxylation sites is 1. The monoisotopic (exact) mass is 205 g/mol. The third-order valence-corrected chi connectivity index (χ3v) is 2.15. The predicted molar refractivity (Wildman–Crippen MR) is 59.0 cm³/mol. The first-order chi connectivity index (χ1) is 7.15. The SMILES string of the molecule is Cc1cccc(C)c1OCC(C)N=C=O. The van der Waals surface area contributed by atoms with E-state index in [1.165, 1.54) is 6.08 Å². The number of benzene rings is 1. The average Bonchev–Trinajstić information content (AvgIpc) is 2.17. The van der Waals surface area contributed by atoms with Crippen LogP contribution < -0.4 is 4.74 Å². The molecule has 3 nitrogen and oxygen atoms in total. The molecule has 1 atom stereocenters. The van der Waals surface area contributed by atoms with Crippen molar-refractivity contribution in [2.24, 2.45) is 4.99 Å². The fourth-order valence-electron chi connectivity index (χ4n) is 1.36. The maximum atomic E-state index is 10.0. The van der Waals surface area contributed by atoms with Crippen molar-refractivity contribution in [3.05, 3.63) is 29.3 Å². The molecular weight excluding hydrogens is 190 g/mol. The van der Waals surface area contributed by atoms with E-state index in [-0.39, 0.29) is 6.04 Å². The van der Waals surface area contributed by atoms with Crippen molar-refractivity contribution in [2.75, 3.05) is 6.61 Å². The minimum Gasteiger partial charge on any atom is -0.491 e. The molecule has 1 unspecified atom stereocenters. The van der Waals surface area contributed by atoms with E-state index < -0.39 is 0 Å². The van der Waals surface area contributed by atoms with E-state index in [9.17, 15) is 4.79 Å². The van der Waals surface area contributed by atoms with Crippen molar-refractivity contribution >= 4 is 6.08 Å². The maximum absolute atomic E-state index is 10.0. The van der Waals surface area contributed by atoms with Crippen LogP contribution in [0.25, 0.3) is 0 Å². The largest absolute Gasteiger partial charge is 0.491 e. The van der Waals surface area contributed by atoms with E-state index >= 15 is 0 Å². The summed E-state index contributed by atoms with van der Waals surface area (Å²) in [7, 11) is 0. The molecule has 0 aliphatic carbocycles. The van der Waals surface area contributed by atoms with Crippen LogP contribution in [0.3, 0.4) is 0 Å². The summed E-state index contributed by atoms with van der Waals surface area (Å²) in [5.74, 6) is 0.880. The molecule has 15 heavy (non-hydrogen) atoms. The molecule has 0 aliphatic heterocycles. The Morgan fingerprint density at radius 3 is 2.53 bits per heavy atom. The molecule has 0 saturated carbocycles. The summed E-state index contributed by atoms with van der Waals surface area (Å²) >= 11 is 0. The molecule has 0 saturated heterocycles. The first kappa shape index (κ1) is 11.5. The Hall–Kier alpha value is -1.60. The van der Waals surface area contributed by atoms with Gasteiger partial charge in [0.05, 0.1) is 6.04 Å². The van der Waals surface area contributed by atoms with Gasteiger partial charge in [-0.2, -0.15) is 4.99 Å². The van der Waals surface area contributed by atoms with E-state index in [0.29, 0.717) is 6.61 Å². The van der Waals surface area contributed by atoms with E-state index in [0.717, 1.165) is 16.9 Å². The lowest BCUT2D eigenvalue weighted by molar-refractivity contribution is 0.293. The van der Waals surface area contributed by atoms with Crippen LogP contribution in [-0.4, -0.2) is 18.7 Å². The van der Waals surface area contributed by atoms with Gasteiger partial charge in [0.25, 0.3) is 0 Å². The van der Waals surface area contributed by atoms with Crippen LogP contribution in [-0.2, 0) is 4.79 Å². The molecular formula is C12H15NO2. The zero-order chi connectivity index (χ0) is 11.3. The Balaban J connectivity index is 2.69. The number of hydrogen-bond donors (Lipinski definition) is 0. The Morgan fingerprint density at radius 2 is 2.00 bits per heavy atom. The van der Waals surface area contributed by atoms with Crippen LogP contribution in [0.15, 0.2) is 23.2 Å².